The van der Waals surface area contributed by atoms with Crippen LogP contribution in [0.25, 0.3) is 0 Å². The summed E-state index contributed by atoms with van der Waals surface area (Å²) in [7, 11) is -3.45. The summed E-state index contributed by atoms with van der Waals surface area (Å²) in [5, 5.41) is 3.21. The quantitative estimate of drug-likeness (QED) is 0.704. The third kappa shape index (κ3) is 5.02. The lowest BCUT2D eigenvalue weighted by Crippen LogP contribution is -2.23. The van der Waals surface area contributed by atoms with Crippen LogP contribution in [0.15, 0.2) is 23.1 Å². The Hall–Kier alpha value is -1.27. The van der Waals surface area contributed by atoms with Crippen molar-refractivity contribution in [1.29, 1.82) is 0 Å². The molecule has 5 nitrogen and oxygen atoms in total. The fourth-order valence-corrected chi connectivity index (χ4v) is 2.77. The Bertz CT molecular complexity index is 548. The average Bonchev–Trinajstić information content (AvgIpc) is 2.29. The van der Waals surface area contributed by atoms with Crippen molar-refractivity contribution in [2.75, 3.05) is 24.1 Å². The summed E-state index contributed by atoms with van der Waals surface area (Å²) in [6.45, 7) is 9.33. The molecular formula is C14H25N3O2S. The number of nitrogens with two attached hydrogens (primary N) is 1. The van der Waals surface area contributed by atoms with Gasteiger partial charge in [0.2, 0.25) is 10.0 Å². The van der Waals surface area contributed by atoms with Gasteiger partial charge >= 0.3 is 0 Å². The van der Waals surface area contributed by atoms with E-state index in [-0.39, 0.29) is 10.3 Å². The number of benzene rings is 1. The van der Waals surface area contributed by atoms with E-state index in [4.69, 9.17) is 5.73 Å². The molecule has 0 spiro atoms. The van der Waals surface area contributed by atoms with Gasteiger partial charge in [0, 0.05) is 13.1 Å². The van der Waals surface area contributed by atoms with Gasteiger partial charge in [0.05, 0.1) is 16.3 Å². The van der Waals surface area contributed by atoms with Crippen LogP contribution in [0.5, 0.6) is 0 Å². The molecule has 6 heteroatoms. The summed E-state index contributed by atoms with van der Waals surface area (Å²) in [6, 6.07) is 4.71. The number of hydrogen-bond donors (Lipinski definition) is 3. The van der Waals surface area contributed by atoms with Crippen molar-refractivity contribution in [3.05, 3.63) is 18.2 Å². The molecule has 0 heterocycles. The van der Waals surface area contributed by atoms with Crippen molar-refractivity contribution >= 4 is 21.4 Å². The molecule has 0 atom stereocenters. The zero-order chi connectivity index (χ0) is 15.4. The molecule has 0 aliphatic rings. The molecule has 1 rings (SSSR count). The molecule has 0 aliphatic heterocycles. The second-order valence-corrected chi connectivity index (χ2v) is 7.75. The van der Waals surface area contributed by atoms with E-state index in [9.17, 15) is 8.42 Å². The lowest BCUT2D eigenvalue weighted by molar-refractivity contribution is 0.390. The molecule has 0 saturated heterocycles. The summed E-state index contributed by atoms with van der Waals surface area (Å²) in [5.74, 6) is 0. The highest BCUT2D eigenvalue weighted by atomic mass is 32.2. The number of nitrogens with one attached hydrogen (secondary N) is 2. The summed E-state index contributed by atoms with van der Waals surface area (Å²) >= 11 is 0. The van der Waals surface area contributed by atoms with Gasteiger partial charge in [0.25, 0.3) is 0 Å². The minimum atomic E-state index is -3.45. The molecule has 4 N–H and O–H groups in total. The van der Waals surface area contributed by atoms with Crippen molar-refractivity contribution in [3.63, 3.8) is 0 Å². The summed E-state index contributed by atoms with van der Waals surface area (Å²) in [4.78, 5) is 0.229. The Kier molecular flexibility index (Phi) is 5.42. The summed E-state index contributed by atoms with van der Waals surface area (Å²) in [6.07, 6.45) is 0.969. The number of anilines is 2. The van der Waals surface area contributed by atoms with Gasteiger partial charge in [-0.2, -0.15) is 0 Å². The molecule has 0 aliphatic carbocycles. The van der Waals surface area contributed by atoms with Crippen LogP contribution < -0.4 is 15.8 Å². The maximum absolute atomic E-state index is 11.9. The molecule has 114 valence electrons. The first kappa shape index (κ1) is 16.8. The van der Waals surface area contributed by atoms with E-state index >= 15 is 0 Å². The minimum absolute atomic E-state index is 0.217. The molecule has 0 saturated carbocycles. The number of sulfonamides is 1. The molecule has 20 heavy (non-hydrogen) atoms. The van der Waals surface area contributed by atoms with Gasteiger partial charge in [0.1, 0.15) is 0 Å². The van der Waals surface area contributed by atoms with Crippen LogP contribution in [0, 0.1) is 5.41 Å². The summed E-state index contributed by atoms with van der Waals surface area (Å²) in [5.41, 5.74) is 7.31. The second kappa shape index (κ2) is 6.45. The fourth-order valence-electron chi connectivity index (χ4n) is 1.70. The van der Waals surface area contributed by atoms with E-state index in [1.54, 1.807) is 19.1 Å². The first-order valence-electron chi connectivity index (χ1n) is 6.79. The van der Waals surface area contributed by atoms with Crippen molar-refractivity contribution in [1.82, 2.24) is 4.72 Å². The molecule has 0 unspecified atom stereocenters. The normalized spacial score (nSPS) is 12.4. The lowest BCUT2D eigenvalue weighted by Gasteiger charge is -2.19. The van der Waals surface area contributed by atoms with Crippen LogP contribution in [0.3, 0.4) is 0 Å². The highest BCUT2D eigenvalue weighted by Gasteiger charge is 2.15. The summed E-state index contributed by atoms with van der Waals surface area (Å²) < 4.78 is 26.4. The van der Waals surface area contributed by atoms with E-state index in [1.165, 1.54) is 6.07 Å². The maximum atomic E-state index is 11.9. The topological polar surface area (TPSA) is 84.2 Å². The highest BCUT2D eigenvalue weighted by Crippen LogP contribution is 2.24. The van der Waals surface area contributed by atoms with Gasteiger partial charge in [0.15, 0.2) is 0 Å². The fraction of sp³-hybridized carbons (Fsp3) is 0.571. The largest absolute Gasteiger partial charge is 0.397 e. The van der Waals surface area contributed by atoms with Gasteiger partial charge < -0.3 is 11.1 Å². The van der Waals surface area contributed by atoms with Crippen LogP contribution in [-0.4, -0.2) is 21.5 Å². The Balaban J connectivity index is 2.87. The molecule has 1 aromatic rings. The van der Waals surface area contributed by atoms with Crippen LogP contribution in [0.1, 0.15) is 34.1 Å². The van der Waals surface area contributed by atoms with Gasteiger partial charge in [-0.25, -0.2) is 13.1 Å². The lowest BCUT2D eigenvalue weighted by atomic mass is 9.92. The predicted molar refractivity (Wildman–Crippen MR) is 84.3 cm³/mol. The van der Waals surface area contributed by atoms with Crippen LogP contribution in [0.4, 0.5) is 11.4 Å². The maximum Gasteiger partial charge on any atom is 0.240 e. The Morgan fingerprint density at radius 3 is 2.45 bits per heavy atom. The van der Waals surface area contributed by atoms with Gasteiger partial charge in [-0.05, 0) is 30.0 Å². The second-order valence-electron chi connectivity index (χ2n) is 5.99. The molecule has 0 amide bonds. The van der Waals surface area contributed by atoms with Crippen molar-refractivity contribution in [2.45, 2.75) is 39.0 Å². The van der Waals surface area contributed by atoms with Crippen molar-refractivity contribution < 1.29 is 8.42 Å². The minimum Gasteiger partial charge on any atom is -0.397 e. The zero-order valence-corrected chi connectivity index (χ0v) is 13.5. The van der Waals surface area contributed by atoms with Crippen molar-refractivity contribution in [2.24, 2.45) is 5.41 Å². The first-order chi connectivity index (χ1) is 9.15. The Morgan fingerprint density at radius 2 is 1.90 bits per heavy atom. The standard InChI is InChI=1S/C14H25N3O2S/c1-5-17-20(18,19)11-6-7-12(15)13(10-11)16-9-8-14(2,3)4/h6-7,10,16-17H,5,8-9,15H2,1-4H3. The average molecular weight is 299 g/mol. The van der Waals surface area contributed by atoms with E-state index in [0.717, 1.165) is 13.0 Å². The van der Waals surface area contributed by atoms with Gasteiger partial charge in [-0.3, -0.25) is 0 Å². The Labute approximate surface area is 122 Å². The molecular weight excluding hydrogens is 274 g/mol. The smallest absolute Gasteiger partial charge is 0.240 e. The van der Waals surface area contributed by atoms with E-state index in [2.05, 4.69) is 30.8 Å². The molecule has 0 aromatic heterocycles. The third-order valence-corrected chi connectivity index (χ3v) is 4.40. The molecule has 0 radical (unpaired) electrons. The van der Waals surface area contributed by atoms with Gasteiger partial charge in [-0.1, -0.05) is 27.7 Å². The predicted octanol–water partition coefficient (Wildman–Crippen LogP) is 2.42. The van der Waals surface area contributed by atoms with Crippen LogP contribution >= 0.6 is 0 Å². The van der Waals surface area contributed by atoms with E-state index in [1.807, 2.05) is 0 Å². The van der Waals surface area contributed by atoms with Crippen LogP contribution in [0.2, 0.25) is 0 Å². The van der Waals surface area contributed by atoms with Gasteiger partial charge in [-0.15, -0.1) is 0 Å². The monoisotopic (exact) mass is 299 g/mol. The highest BCUT2D eigenvalue weighted by molar-refractivity contribution is 7.89. The van der Waals surface area contributed by atoms with Crippen LogP contribution in [-0.2, 0) is 10.0 Å². The Morgan fingerprint density at radius 1 is 1.25 bits per heavy atom. The number of hydrogen-bond acceptors (Lipinski definition) is 4. The van der Waals surface area contributed by atoms with E-state index in [0.29, 0.717) is 17.9 Å². The molecule has 1 aromatic carbocycles. The zero-order valence-electron chi connectivity index (χ0n) is 12.7. The van der Waals surface area contributed by atoms with E-state index < -0.39 is 10.0 Å². The van der Waals surface area contributed by atoms with Crippen molar-refractivity contribution in [3.8, 4) is 0 Å². The molecule has 0 bridgehead atoms. The number of nitrogen functional groups attached to an aromatic ring is 1. The third-order valence-electron chi connectivity index (χ3n) is 2.86. The first-order valence-corrected chi connectivity index (χ1v) is 8.27. The SMILES string of the molecule is CCNS(=O)(=O)c1ccc(N)c(NCCC(C)(C)C)c1. The molecule has 0 fully saturated rings. The number of rotatable bonds is 6.